The number of Topliss-reactive ketones (excluding diaryl/α,β-unsaturated/α-hetero) is 2. The molecule has 12 rings (SSSR count). The Morgan fingerprint density at radius 1 is 0.289 bits per heavy atom. The van der Waals surface area contributed by atoms with Gasteiger partial charge in [0, 0.05) is 50.6 Å². The zero-order valence-electron chi connectivity index (χ0n) is 67.2. The largest absolute Gasteiger partial charge is 0.423 e. The smallest absolute Gasteiger partial charge is 0.343 e. The molecule has 114 heavy (non-hydrogen) atoms. The van der Waals surface area contributed by atoms with Gasteiger partial charge in [0.1, 0.15) is 23.0 Å². The number of carbonyl (C=O) groups excluding carboxylic acids is 8. The van der Waals surface area contributed by atoms with Crippen molar-refractivity contribution >= 4 is 47.0 Å². The molecule has 12 aromatic rings. The van der Waals surface area contributed by atoms with Crippen molar-refractivity contribution in [3.63, 3.8) is 0 Å². The number of hydrogen-bond acceptors (Lipinski definition) is 12. The lowest BCUT2D eigenvalue weighted by Crippen LogP contribution is -2.19. The maximum Gasteiger partial charge on any atom is 0.343 e. The third-order valence-electron chi connectivity index (χ3n) is 22.1. The molecule has 0 aliphatic rings. The van der Waals surface area contributed by atoms with Crippen LogP contribution in [0.25, 0.3) is 0 Å². The van der Waals surface area contributed by atoms with E-state index in [1.807, 2.05) is 100 Å². The lowest BCUT2D eigenvalue weighted by molar-refractivity contribution is 0.0723. The van der Waals surface area contributed by atoms with Crippen LogP contribution >= 0.6 is 0 Å². The average molecular weight is 1510 g/mol. The number of aryl methyl sites for hydroxylation is 8. The molecule has 0 saturated carbocycles. The van der Waals surface area contributed by atoms with Crippen LogP contribution in [0.15, 0.2) is 243 Å². The van der Waals surface area contributed by atoms with Crippen LogP contribution in [-0.2, 0) is 30.1 Å². The summed E-state index contributed by atoms with van der Waals surface area (Å²) in [7, 11) is 0. The zero-order valence-corrected chi connectivity index (χ0v) is 67.2. The van der Waals surface area contributed by atoms with Crippen LogP contribution in [0.2, 0.25) is 0 Å². The molecule has 0 radical (unpaired) electrons. The first kappa shape index (κ1) is 80.7. The summed E-state index contributed by atoms with van der Waals surface area (Å²) in [5.74, 6) is -0.996. The van der Waals surface area contributed by atoms with Crippen molar-refractivity contribution in [1.29, 1.82) is 0 Å². The van der Waals surface area contributed by atoms with Crippen molar-refractivity contribution in [1.82, 2.24) is 0 Å². The van der Waals surface area contributed by atoms with Gasteiger partial charge in [0.05, 0.1) is 22.3 Å². The summed E-state index contributed by atoms with van der Waals surface area (Å²) >= 11 is 0. The van der Waals surface area contributed by atoms with Crippen molar-refractivity contribution in [3.8, 4) is 23.0 Å². The van der Waals surface area contributed by atoms with Crippen LogP contribution in [0.3, 0.4) is 0 Å². The van der Waals surface area contributed by atoms with E-state index in [-0.39, 0.29) is 34.3 Å². The Bertz CT molecular complexity index is 5630. The van der Waals surface area contributed by atoms with Crippen LogP contribution in [0.5, 0.6) is 23.0 Å². The Labute approximate surface area is 668 Å². The van der Waals surface area contributed by atoms with Crippen molar-refractivity contribution in [2.45, 2.75) is 146 Å². The SMILES string of the molecule is CC(=O)c1ccc(C(=O)Oc2ccc(C(C)(C)c3ccc(C(=O)c4cccc(C(=O)Oc5c(C)cc(Cc6cc(C)c(CCCCC(=O)c7cccc(C(=O)Oc8ccc(C(C)(C)c9ccc(C(=O)c%10ccc(C(=O)Oc%11c(C)cc(Cc%12cc(C)c(C)c(C)c%12)cc%11C)cc%10)cc9)cc8)c7)c(C)c6)cc5C)c4)cc3)cc2)cc1. The number of hydrogen-bond donors (Lipinski definition) is 0. The van der Waals surface area contributed by atoms with E-state index in [2.05, 4.69) is 98.7 Å². The lowest BCUT2D eigenvalue weighted by Gasteiger charge is -2.26. The topological polar surface area (TPSA) is 173 Å². The second kappa shape index (κ2) is 34.4. The van der Waals surface area contributed by atoms with Crippen LogP contribution in [0.4, 0.5) is 0 Å². The van der Waals surface area contributed by atoms with Crippen molar-refractivity contribution in [3.05, 3.63) is 398 Å². The molecule has 0 spiro atoms. The fraction of sp³-hybridized carbons (Fsp3) is 0.216. The van der Waals surface area contributed by atoms with E-state index in [1.54, 1.807) is 133 Å². The predicted octanol–water partition coefficient (Wildman–Crippen LogP) is 22.4. The minimum atomic E-state index is -0.574. The van der Waals surface area contributed by atoms with Gasteiger partial charge in [0.25, 0.3) is 0 Å². The summed E-state index contributed by atoms with van der Waals surface area (Å²) in [5, 5.41) is 0. The molecule has 12 aromatic carbocycles. The summed E-state index contributed by atoms with van der Waals surface area (Å²) in [5.41, 5.74) is 22.2. The number of rotatable bonds is 27. The molecule has 0 aliphatic heterocycles. The molecular weight excluding hydrogens is 1420 g/mol. The van der Waals surface area contributed by atoms with Gasteiger partial charge in [-0.15, -0.1) is 0 Å². The highest BCUT2D eigenvalue weighted by Gasteiger charge is 2.28. The zero-order chi connectivity index (χ0) is 81.4. The van der Waals surface area contributed by atoms with Gasteiger partial charge in [-0.1, -0.05) is 198 Å². The van der Waals surface area contributed by atoms with E-state index in [1.165, 1.54) is 45.9 Å². The second-order valence-corrected chi connectivity index (χ2v) is 31.2. The molecule has 0 bridgehead atoms. The molecule has 0 unspecified atom stereocenters. The van der Waals surface area contributed by atoms with Gasteiger partial charge in [-0.3, -0.25) is 19.2 Å². The Balaban J connectivity index is 0.578. The van der Waals surface area contributed by atoms with Gasteiger partial charge in [-0.25, -0.2) is 19.2 Å². The molecular formula is C102H94O12. The maximum atomic E-state index is 13.9. The van der Waals surface area contributed by atoms with Crippen molar-refractivity contribution < 1.29 is 57.3 Å². The number of benzene rings is 12. The van der Waals surface area contributed by atoms with E-state index in [9.17, 15) is 38.4 Å². The molecule has 0 aliphatic carbocycles. The Kier molecular flexibility index (Phi) is 24.4. The third kappa shape index (κ3) is 18.7. The van der Waals surface area contributed by atoms with Crippen LogP contribution in [-0.4, -0.2) is 47.0 Å². The van der Waals surface area contributed by atoms with Gasteiger partial charge in [-0.05, 0) is 274 Å². The molecule has 0 atom stereocenters. The summed E-state index contributed by atoms with van der Waals surface area (Å²) < 4.78 is 23.4. The number of esters is 4. The van der Waals surface area contributed by atoms with E-state index in [0.29, 0.717) is 86.8 Å². The molecule has 0 heterocycles. The van der Waals surface area contributed by atoms with Crippen LogP contribution in [0, 0.1) is 62.3 Å². The highest BCUT2D eigenvalue weighted by molar-refractivity contribution is 6.11. The van der Waals surface area contributed by atoms with E-state index < -0.39 is 34.7 Å². The Morgan fingerprint density at radius 3 is 0.991 bits per heavy atom. The van der Waals surface area contributed by atoms with Gasteiger partial charge in [0.15, 0.2) is 23.1 Å². The van der Waals surface area contributed by atoms with Gasteiger partial charge >= 0.3 is 23.9 Å². The molecule has 0 fully saturated rings. The molecule has 0 amide bonds. The summed E-state index contributed by atoms with van der Waals surface area (Å²) in [4.78, 5) is 106. The molecule has 12 heteroatoms. The van der Waals surface area contributed by atoms with Gasteiger partial charge < -0.3 is 18.9 Å². The number of ether oxygens (including phenoxy) is 4. The summed E-state index contributed by atoms with van der Waals surface area (Å²) in [6.07, 6.45) is 4.04. The number of unbranched alkanes of at least 4 members (excludes halogenated alkanes) is 1. The van der Waals surface area contributed by atoms with E-state index in [4.69, 9.17) is 18.9 Å². The minimum Gasteiger partial charge on any atom is -0.423 e. The normalized spacial score (nSPS) is 11.4. The first-order valence-corrected chi connectivity index (χ1v) is 38.6. The lowest BCUT2D eigenvalue weighted by atomic mass is 9.78. The van der Waals surface area contributed by atoms with Crippen LogP contribution < -0.4 is 18.9 Å². The van der Waals surface area contributed by atoms with Crippen molar-refractivity contribution in [2.75, 3.05) is 0 Å². The fourth-order valence-electron chi connectivity index (χ4n) is 15.1. The highest BCUT2D eigenvalue weighted by Crippen LogP contribution is 2.37. The second-order valence-electron chi connectivity index (χ2n) is 31.2. The number of ketones is 4. The number of carbonyl (C=O) groups is 8. The highest BCUT2D eigenvalue weighted by atomic mass is 16.5. The first-order chi connectivity index (χ1) is 54.4. The monoisotopic (exact) mass is 1510 g/mol. The van der Waals surface area contributed by atoms with E-state index in [0.717, 1.165) is 80.5 Å². The molecule has 0 N–H and O–H groups in total. The Morgan fingerprint density at radius 2 is 0.588 bits per heavy atom. The molecule has 0 saturated heterocycles. The minimum absolute atomic E-state index is 0.0518. The van der Waals surface area contributed by atoms with Crippen molar-refractivity contribution in [2.24, 2.45) is 0 Å². The maximum absolute atomic E-state index is 13.9. The standard InChI is InChI=1S/C102H94O12/c1-61-49-71(50-62(2)69(61)9)57-73-53-65(5)95(66(6)54-73)113-98(108)80-31-27-76(28-32-80)93(105)77-33-37-85(38-34-77)101(11,12)88-43-47-90(48-44-88)112-99(109)83-21-17-19-81(59-83)92(104)24-16-15-23-91-63(3)51-72(52-64(91)4)58-74-55-67(7)96(68(8)56-74)114-100(110)84-22-18-20-82(60-84)94(106)78-35-39-86(40-36-78)102(13,14)87-41-45-89(46-42-87)111-97(107)79-29-25-75(26-30-79)70(10)103/h17-22,25-56,59-60H,15-16,23-24,57-58H2,1-14H3. The Hall–Kier alpha value is -12.8. The van der Waals surface area contributed by atoms with Gasteiger partial charge in [-0.2, -0.15) is 0 Å². The fourth-order valence-corrected chi connectivity index (χ4v) is 15.1. The van der Waals surface area contributed by atoms with E-state index >= 15 is 0 Å². The average Bonchev–Trinajstić information content (AvgIpc) is 0.799. The summed E-state index contributed by atoms with van der Waals surface area (Å²) in [6, 6.07) is 72.8. The molecule has 574 valence electrons. The molecule has 12 nitrogen and oxygen atoms in total. The molecule has 0 aromatic heterocycles. The predicted molar refractivity (Wildman–Crippen MR) is 448 cm³/mol. The summed E-state index contributed by atoms with van der Waals surface area (Å²) in [6.45, 7) is 28.2. The van der Waals surface area contributed by atoms with Crippen LogP contribution in [0.1, 0.15) is 248 Å². The third-order valence-corrected chi connectivity index (χ3v) is 22.1. The quantitative estimate of drug-likeness (QED) is 0.0207. The van der Waals surface area contributed by atoms with Gasteiger partial charge in [0.2, 0.25) is 0 Å². The first-order valence-electron chi connectivity index (χ1n) is 38.6.